The summed E-state index contributed by atoms with van der Waals surface area (Å²) in [5.41, 5.74) is 1.95. The number of rotatable bonds is 3. The van der Waals surface area contributed by atoms with Gasteiger partial charge in [-0.15, -0.1) is 0 Å². The first-order chi connectivity index (χ1) is 13.1. The fourth-order valence-electron chi connectivity index (χ4n) is 3.00. The summed E-state index contributed by atoms with van der Waals surface area (Å²) in [5.74, 6) is 0.969. The van der Waals surface area contributed by atoms with E-state index in [1.54, 1.807) is 41.2 Å². The molecule has 1 aromatic heterocycles. The van der Waals surface area contributed by atoms with E-state index in [4.69, 9.17) is 23.2 Å². The van der Waals surface area contributed by atoms with Gasteiger partial charge in [-0.2, -0.15) is 4.98 Å². The van der Waals surface area contributed by atoms with Crippen LogP contribution in [-0.4, -0.2) is 23.0 Å². The van der Waals surface area contributed by atoms with Crippen LogP contribution in [-0.2, 0) is 6.54 Å². The Morgan fingerprint density at radius 2 is 1.74 bits per heavy atom. The first-order valence-corrected chi connectivity index (χ1v) is 9.00. The van der Waals surface area contributed by atoms with Crippen LogP contribution in [0.5, 0.6) is 0 Å². The van der Waals surface area contributed by atoms with E-state index in [1.807, 2.05) is 30.3 Å². The van der Waals surface area contributed by atoms with Crippen molar-refractivity contribution in [1.29, 1.82) is 0 Å². The third-order valence-electron chi connectivity index (χ3n) is 4.25. The molecule has 1 aliphatic heterocycles. The molecular formula is C19H15Cl2N5O. The second-order valence-electron chi connectivity index (χ2n) is 5.90. The molecule has 2 heterocycles. The van der Waals surface area contributed by atoms with Crippen molar-refractivity contribution in [2.24, 2.45) is 0 Å². The minimum Gasteiger partial charge on any atom is -0.357 e. The number of para-hydroxylation sites is 2. The van der Waals surface area contributed by atoms with E-state index in [0.717, 1.165) is 5.56 Å². The fourth-order valence-corrected chi connectivity index (χ4v) is 3.61. The van der Waals surface area contributed by atoms with Crippen molar-refractivity contribution in [2.75, 3.05) is 22.2 Å². The standard InChI is InChI=1S/C19H15Cl2N5O/c1-22-18-23-10-12-11-25(16-14(20)8-5-9-15(16)21)19(27)26(17(12)24-18)13-6-3-2-4-7-13/h2-10H,11H2,1H3,(H,22,23,24). The molecule has 4 rings (SSSR count). The second kappa shape index (κ2) is 7.06. The van der Waals surface area contributed by atoms with E-state index in [9.17, 15) is 4.79 Å². The number of nitrogens with one attached hydrogen (secondary N) is 1. The Morgan fingerprint density at radius 1 is 1.04 bits per heavy atom. The molecule has 0 spiro atoms. The number of amides is 2. The monoisotopic (exact) mass is 399 g/mol. The number of anilines is 4. The van der Waals surface area contributed by atoms with E-state index >= 15 is 0 Å². The zero-order chi connectivity index (χ0) is 19.0. The molecule has 8 heteroatoms. The molecule has 2 aromatic carbocycles. The lowest BCUT2D eigenvalue weighted by Gasteiger charge is -2.36. The highest BCUT2D eigenvalue weighted by atomic mass is 35.5. The number of halogens is 2. The number of carbonyl (C=O) groups is 1. The van der Waals surface area contributed by atoms with Gasteiger partial charge in [-0.3, -0.25) is 4.90 Å². The van der Waals surface area contributed by atoms with Crippen molar-refractivity contribution in [3.63, 3.8) is 0 Å². The molecule has 0 bridgehead atoms. The molecule has 0 unspecified atom stereocenters. The van der Waals surface area contributed by atoms with Gasteiger partial charge < -0.3 is 5.32 Å². The van der Waals surface area contributed by atoms with Crippen LogP contribution in [0, 0.1) is 0 Å². The Bertz CT molecular complexity index is 992. The maximum atomic E-state index is 13.4. The quantitative estimate of drug-likeness (QED) is 0.664. The van der Waals surface area contributed by atoms with Crippen LogP contribution >= 0.6 is 23.2 Å². The summed E-state index contributed by atoms with van der Waals surface area (Å²) in [6.45, 7) is 0.269. The summed E-state index contributed by atoms with van der Waals surface area (Å²) >= 11 is 12.7. The predicted octanol–water partition coefficient (Wildman–Crippen LogP) is 5.10. The van der Waals surface area contributed by atoms with Gasteiger partial charge in [0.15, 0.2) is 5.82 Å². The van der Waals surface area contributed by atoms with Crippen LogP contribution in [0.4, 0.5) is 27.9 Å². The van der Waals surface area contributed by atoms with E-state index in [2.05, 4.69) is 15.3 Å². The highest BCUT2D eigenvalue weighted by Gasteiger charge is 2.35. The van der Waals surface area contributed by atoms with Gasteiger partial charge in [0.05, 0.1) is 28.0 Å². The Labute approximate surface area is 166 Å². The lowest BCUT2D eigenvalue weighted by atomic mass is 10.1. The van der Waals surface area contributed by atoms with Crippen molar-refractivity contribution in [3.8, 4) is 0 Å². The van der Waals surface area contributed by atoms with Crippen LogP contribution in [0.1, 0.15) is 5.56 Å². The highest BCUT2D eigenvalue weighted by Crippen LogP contribution is 2.40. The summed E-state index contributed by atoms with van der Waals surface area (Å²) < 4.78 is 0. The first kappa shape index (κ1) is 17.6. The summed E-state index contributed by atoms with van der Waals surface area (Å²) in [6, 6.07) is 14.2. The Kier molecular flexibility index (Phi) is 4.59. The largest absolute Gasteiger partial charge is 0.357 e. The smallest absolute Gasteiger partial charge is 0.335 e. The molecule has 27 heavy (non-hydrogen) atoms. The molecule has 0 fully saturated rings. The number of fused-ring (bicyclic) bond motifs is 1. The summed E-state index contributed by atoms with van der Waals surface area (Å²) in [5, 5.41) is 3.71. The third-order valence-corrected chi connectivity index (χ3v) is 4.86. The minimum atomic E-state index is -0.288. The average Bonchev–Trinajstić information content (AvgIpc) is 2.68. The van der Waals surface area contributed by atoms with Crippen LogP contribution in [0.15, 0.2) is 54.7 Å². The van der Waals surface area contributed by atoms with Gasteiger partial charge in [0.1, 0.15) is 0 Å². The maximum Gasteiger partial charge on any atom is 0.335 e. The van der Waals surface area contributed by atoms with E-state index < -0.39 is 0 Å². The fraction of sp³-hybridized carbons (Fsp3) is 0.105. The molecule has 0 saturated heterocycles. The van der Waals surface area contributed by atoms with Crippen LogP contribution < -0.4 is 15.1 Å². The molecule has 0 aliphatic carbocycles. The Hall–Kier alpha value is -2.83. The zero-order valence-corrected chi connectivity index (χ0v) is 15.9. The Balaban J connectivity index is 1.90. The lowest BCUT2D eigenvalue weighted by molar-refractivity contribution is 0.252. The molecule has 0 atom stereocenters. The maximum absolute atomic E-state index is 13.4. The minimum absolute atomic E-state index is 0.269. The molecule has 1 aliphatic rings. The van der Waals surface area contributed by atoms with Crippen molar-refractivity contribution in [2.45, 2.75) is 6.54 Å². The number of nitrogens with zero attached hydrogens (tertiary/aromatic N) is 4. The molecular weight excluding hydrogens is 385 g/mol. The van der Waals surface area contributed by atoms with Gasteiger partial charge in [0.2, 0.25) is 5.95 Å². The number of urea groups is 1. The van der Waals surface area contributed by atoms with Gasteiger partial charge in [-0.25, -0.2) is 14.7 Å². The number of aromatic nitrogens is 2. The molecule has 136 valence electrons. The van der Waals surface area contributed by atoms with Crippen molar-refractivity contribution >= 4 is 52.4 Å². The van der Waals surface area contributed by atoms with Gasteiger partial charge in [0.25, 0.3) is 0 Å². The average molecular weight is 400 g/mol. The van der Waals surface area contributed by atoms with Crippen LogP contribution in [0.25, 0.3) is 0 Å². The normalized spacial score (nSPS) is 13.5. The molecule has 0 saturated carbocycles. The van der Waals surface area contributed by atoms with E-state index in [1.165, 1.54) is 0 Å². The van der Waals surface area contributed by atoms with Gasteiger partial charge in [-0.1, -0.05) is 47.5 Å². The molecule has 6 nitrogen and oxygen atoms in total. The predicted molar refractivity (Wildman–Crippen MR) is 108 cm³/mol. The number of benzene rings is 2. The molecule has 0 radical (unpaired) electrons. The SMILES string of the molecule is CNc1ncc2c(n1)N(c1ccccc1)C(=O)N(c1c(Cl)cccc1Cl)C2. The summed E-state index contributed by atoms with van der Waals surface area (Å²) in [4.78, 5) is 25.3. The van der Waals surface area contributed by atoms with E-state index in [-0.39, 0.29) is 12.6 Å². The van der Waals surface area contributed by atoms with Gasteiger partial charge in [-0.05, 0) is 24.3 Å². The van der Waals surface area contributed by atoms with Crippen molar-refractivity contribution < 1.29 is 4.79 Å². The lowest BCUT2D eigenvalue weighted by Crippen LogP contribution is -2.45. The molecule has 1 N–H and O–H groups in total. The van der Waals surface area contributed by atoms with Crippen molar-refractivity contribution in [1.82, 2.24) is 9.97 Å². The third kappa shape index (κ3) is 3.07. The molecule has 2 amide bonds. The summed E-state index contributed by atoms with van der Waals surface area (Å²) in [7, 11) is 1.73. The highest BCUT2D eigenvalue weighted by molar-refractivity contribution is 6.40. The summed E-state index contributed by atoms with van der Waals surface area (Å²) in [6.07, 6.45) is 1.70. The second-order valence-corrected chi connectivity index (χ2v) is 6.72. The van der Waals surface area contributed by atoms with Crippen molar-refractivity contribution in [3.05, 3.63) is 70.3 Å². The number of hydrogen-bond acceptors (Lipinski definition) is 4. The number of carbonyl (C=O) groups excluding carboxylic acids is 1. The first-order valence-electron chi connectivity index (χ1n) is 8.24. The van der Waals surface area contributed by atoms with Crippen LogP contribution in [0.2, 0.25) is 10.0 Å². The van der Waals surface area contributed by atoms with Crippen LogP contribution in [0.3, 0.4) is 0 Å². The van der Waals surface area contributed by atoms with Gasteiger partial charge >= 0.3 is 6.03 Å². The Morgan fingerprint density at radius 3 is 2.41 bits per heavy atom. The van der Waals surface area contributed by atoms with E-state index in [0.29, 0.717) is 33.2 Å². The number of hydrogen-bond donors (Lipinski definition) is 1. The molecule has 3 aromatic rings. The topological polar surface area (TPSA) is 61.4 Å². The zero-order valence-electron chi connectivity index (χ0n) is 14.4. The van der Waals surface area contributed by atoms with Gasteiger partial charge in [0, 0.05) is 18.8 Å².